The highest BCUT2D eigenvalue weighted by atomic mass is 19.4. The van der Waals surface area contributed by atoms with Crippen molar-refractivity contribution in [1.82, 2.24) is 9.80 Å². The molecule has 7 heteroatoms. The number of hydrogen-bond donors (Lipinski definition) is 0. The van der Waals surface area contributed by atoms with Crippen LogP contribution in [0.4, 0.5) is 17.6 Å². The molecule has 0 radical (unpaired) electrons. The summed E-state index contributed by atoms with van der Waals surface area (Å²) in [4.78, 5) is 16.4. The molecule has 2 saturated heterocycles. The van der Waals surface area contributed by atoms with E-state index in [9.17, 15) is 22.4 Å². The SMILES string of the molecule is O=C1CC[C@]2(CCCN(Cc3ccc(C(F)(F)F)cc3F)C2)CN1C1CC1. The van der Waals surface area contributed by atoms with Crippen LogP contribution in [-0.4, -0.2) is 41.4 Å². The van der Waals surface area contributed by atoms with E-state index in [0.717, 1.165) is 57.8 Å². The van der Waals surface area contributed by atoms with E-state index in [1.165, 1.54) is 6.07 Å². The Hall–Kier alpha value is -1.63. The lowest BCUT2D eigenvalue weighted by molar-refractivity contribution is -0.140. The average Bonchev–Trinajstić information content (AvgIpc) is 3.43. The van der Waals surface area contributed by atoms with Crippen molar-refractivity contribution in [2.75, 3.05) is 19.6 Å². The van der Waals surface area contributed by atoms with Crippen molar-refractivity contribution in [3.05, 3.63) is 35.1 Å². The van der Waals surface area contributed by atoms with Crippen molar-refractivity contribution in [2.24, 2.45) is 5.41 Å². The number of likely N-dealkylation sites (tertiary alicyclic amines) is 2. The Balaban J connectivity index is 1.45. The van der Waals surface area contributed by atoms with Gasteiger partial charge in [-0.1, -0.05) is 6.07 Å². The first kappa shape index (κ1) is 18.7. The molecule has 1 atom stereocenters. The van der Waals surface area contributed by atoms with Gasteiger partial charge in [0.25, 0.3) is 0 Å². The predicted octanol–water partition coefficient (Wildman–Crippen LogP) is 4.21. The normalized spacial score (nSPS) is 27.4. The lowest BCUT2D eigenvalue weighted by atomic mass is 9.73. The van der Waals surface area contributed by atoms with Crippen molar-refractivity contribution in [2.45, 2.75) is 57.3 Å². The van der Waals surface area contributed by atoms with E-state index < -0.39 is 17.6 Å². The van der Waals surface area contributed by atoms with Crippen LogP contribution in [0.3, 0.4) is 0 Å². The van der Waals surface area contributed by atoms with Gasteiger partial charge in [0.1, 0.15) is 5.82 Å². The minimum atomic E-state index is -4.53. The first-order valence-electron chi connectivity index (χ1n) is 9.63. The summed E-state index contributed by atoms with van der Waals surface area (Å²) in [6.07, 6.45) is 1.07. The van der Waals surface area contributed by atoms with Gasteiger partial charge in [0, 0.05) is 43.1 Å². The van der Waals surface area contributed by atoms with Crippen LogP contribution >= 0.6 is 0 Å². The molecule has 4 rings (SSSR count). The van der Waals surface area contributed by atoms with Crippen LogP contribution in [0.5, 0.6) is 0 Å². The molecule has 0 N–H and O–H groups in total. The Morgan fingerprint density at radius 2 is 1.93 bits per heavy atom. The van der Waals surface area contributed by atoms with Gasteiger partial charge in [0.15, 0.2) is 0 Å². The van der Waals surface area contributed by atoms with Crippen molar-refractivity contribution in [3.8, 4) is 0 Å². The van der Waals surface area contributed by atoms with Crippen molar-refractivity contribution in [1.29, 1.82) is 0 Å². The lowest BCUT2D eigenvalue weighted by Crippen LogP contribution is -2.54. The van der Waals surface area contributed by atoms with Gasteiger partial charge >= 0.3 is 6.18 Å². The smallest absolute Gasteiger partial charge is 0.339 e. The fraction of sp³-hybridized carbons (Fsp3) is 0.650. The lowest BCUT2D eigenvalue weighted by Gasteiger charge is -2.48. The molecule has 1 saturated carbocycles. The minimum Gasteiger partial charge on any atom is -0.339 e. The molecule has 1 aromatic rings. The van der Waals surface area contributed by atoms with Crippen LogP contribution in [0, 0.1) is 11.2 Å². The maximum Gasteiger partial charge on any atom is 0.416 e. The Kier molecular flexibility index (Phi) is 4.69. The number of halogens is 4. The second-order valence-corrected chi connectivity index (χ2v) is 8.37. The zero-order valence-corrected chi connectivity index (χ0v) is 15.2. The number of carbonyl (C=O) groups is 1. The molecular weight excluding hydrogens is 360 g/mol. The molecule has 148 valence electrons. The molecule has 1 spiro atoms. The topological polar surface area (TPSA) is 23.6 Å². The largest absolute Gasteiger partial charge is 0.416 e. The van der Waals surface area contributed by atoms with Crippen molar-refractivity contribution in [3.63, 3.8) is 0 Å². The number of carbonyl (C=O) groups excluding carboxylic acids is 1. The number of rotatable bonds is 3. The summed E-state index contributed by atoms with van der Waals surface area (Å²) in [6.45, 7) is 2.65. The van der Waals surface area contributed by atoms with Gasteiger partial charge in [-0.05, 0) is 50.8 Å². The molecule has 0 unspecified atom stereocenters. The molecular formula is C20H24F4N2O. The van der Waals surface area contributed by atoms with Gasteiger partial charge in [-0.25, -0.2) is 4.39 Å². The van der Waals surface area contributed by atoms with Crippen LogP contribution in [0.25, 0.3) is 0 Å². The molecule has 2 aliphatic heterocycles. The van der Waals surface area contributed by atoms with Gasteiger partial charge in [0.05, 0.1) is 5.56 Å². The second kappa shape index (κ2) is 6.76. The van der Waals surface area contributed by atoms with Crippen LogP contribution in [0.1, 0.15) is 49.7 Å². The van der Waals surface area contributed by atoms with Gasteiger partial charge in [-0.2, -0.15) is 13.2 Å². The molecule has 1 aromatic carbocycles. The van der Waals surface area contributed by atoms with E-state index in [4.69, 9.17) is 0 Å². The molecule has 1 aliphatic carbocycles. The third-order valence-electron chi connectivity index (χ3n) is 6.20. The minimum absolute atomic E-state index is 0.0388. The molecule has 3 aliphatic rings. The van der Waals surface area contributed by atoms with Crippen LogP contribution < -0.4 is 0 Å². The van der Waals surface area contributed by atoms with Crippen LogP contribution in [0.2, 0.25) is 0 Å². The summed E-state index contributed by atoms with van der Waals surface area (Å²) in [5.74, 6) is -0.558. The number of hydrogen-bond acceptors (Lipinski definition) is 2. The number of alkyl halides is 3. The molecule has 2 heterocycles. The van der Waals surface area contributed by atoms with Gasteiger partial charge in [-0.15, -0.1) is 0 Å². The van der Waals surface area contributed by atoms with Gasteiger partial charge < -0.3 is 4.90 Å². The van der Waals surface area contributed by atoms with Crippen molar-refractivity contribution < 1.29 is 22.4 Å². The number of nitrogens with zero attached hydrogens (tertiary/aromatic N) is 2. The Labute approximate surface area is 156 Å². The van der Waals surface area contributed by atoms with E-state index in [1.54, 1.807) is 0 Å². The van der Waals surface area contributed by atoms with Crippen molar-refractivity contribution >= 4 is 5.91 Å². The van der Waals surface area contributed by atoms with Gasteiger partial charge in [-0.3, -0.25) is 9.69 Å². The molecule has 1 amide bonds. The van der Waals surface area contributed by atoms with E-state index in [1.807, 2.05) is 4.90 Å². The number of benzene rings is 1. The maximum absolute atomic E-state index is 14.2. The Bertz CT molecular complexity index is 731. The predicted molar refractivity (Wildman–Crippen MR) is 92.3 cm³/mol. The summed E-state index contributed by atoms with van der Waals surface area (Å²) in [6, 6.07) is 3.19. The summed E-state index contributed by atoms with van der Waals surface area (Å²) in [5.41, 5.74) is -0.618. The first-order valence-corrected chi connectivity index (χ1v) is 9.63. The van der Waals surface area contributed by atoms with E-state index >= 15 is 0 Å². The zero-order valence-electron chi connectivity index (χ0n) is 15.2. The number of amides is 1. The fourth-order valence-electron chi connectivity index (χ4n) is 4.63. The highest BCUT2D eigenvalue weighted by Crippen LogP contribution is 2.42. The third kappa shape index (κ3) is 3.98. The number of piperidine rings is 2. The first-order chi connectivity index (χ1) is 12.8. The van der Waals surface area contributed by atoms with Crippen LogP contribution in [0.15, 0.2) is 18.2 Å². The quantitative estimate of drug-likeness (QED) is 0.729. The average molecular weight is 384 g/mol. The van der Waals surface area contributed by atoms with E-state index in [2.05, 4.69) is 4.90 Å². The monoisotopic (exact) mass is 384 g/mol. The molecule has 0 bridgehead atoms. The highest BCUT2D eigenvalue weighted by Gasteiger charge is 2.45. The maximum atomic E-state index is 14.2. The second-order valence-electron chi connectivity index (χ2n) is 8.37. The van der Waals surface area contributed by atoms with Crippen LogP contribution in [-0.2, 0) is 17.5 Å². The third-order valence-corrected chi connectivity index (χ3v) is 6.20. The molecule has 3 fully saturated rings. The van der Waals surface area contributed by atoms with E-state index in [-0.39, 0.29) is 11.3 Å². The Morgan fingerprint density at radius 3 is 2.59 bits per heavy atom. The molecule has 0 aromatic heterocycles. The summed E-state index contributed by atoms with van der Waals surface area (Å²) in [5, 5.41) is 0. The highest BCUT2D eigenvalue weighted by molar-refractivity contribution is 5.78. The summed E-state index contributed by atoms with van der Waals surface area (Å²) < 4.78 is 52.4. The summed E-state index contributed by atoms with van der Waals surface area (Å²) in [7, 11) is 0. The van der Waals surface area contributed by atoms with E-state index in [0.29, 0.717) is 30.6 Å². The standard InChI is InChI=1S/C20H24F4N2O/c21-17-10-15(20(22,23)24)3-2-14(17)11-25-9-1-7-19(12-25)8-6-18(27)26(13-19)16-4-5-16/h2-3,10,16H,1,4-9,11-13H2/t19-/m0/s1. The zero-order chi connectivity index (χ0) is 19.2. The molecule has 3 nitrogen and oxygen atoms in total. The fourth-order valence-corrected chi connectivity index (χ4v) is 4.63. The molecule has 27 heavy (non-hydrogen) atoms. The van der Waals surface area contributed by atoms with Gasteiger partial charge in [0.2, 0.25) is 5.91 Å². The summed E-state index contributed by atoms with van der Waals surface area (Å²) >= 11 is 0. The Morgan fingerprint density at radius 1 is 1.15 bits per heavy atom.